The Hall–Kier alpha value is -3.90. The van der Waals surface area contributed by atoms with Crippen molar-refractivity contribution in [3.8, 4) is 0 Å². The molecule has 0 nitrogen and oxygen atoms in total. The maximum atomic E-state index is 2.23. The largest absolute Gasteiger partial charge is 0.0622 e. The average Bonchev–Trinajstić information content (AvgIpc) is 2.83. The van der Waals surface area contributed by atoms with Crippen LogP contribution in [0.4, 0.5) is 0 Å². The molecule has 0 amide bonds. The van der Waals surface area contributed by atoms with Gasteiger partial charge in [0.1, 0.15) is 0 Å². The van der Waals surface area contributed by atoms with Crippen LogP contribution in [0.2, 0.25) is 0 Å². The van der Waals surface area contributed by atoms with E-state index in [-0.39, 0.29) is 0 Å². The number of rotatable bonds is 6. The second-order valence-electron chi connectivity index (χ2n) is 7.53. The maximum Gasteiger partial charge on any atom is -0.0109 e. The molecule has 0 aliphatic carbocycles. The highest BCUT2D eigenvalue weighted by atomic mass is 14.1. The summed E-state index contributed by atoms with van der Waals surface area (Å²) in [4.78, 5) is 0. The third-order valence-electron chi connectivity index (χ3n) is 5.28. The van der Waals surface area contributed by atoms with Gasteiger partial charge in [-0.05, 0) is 45.9 Å². The lowest BCUT2D eigenvalue weighted by Gasteiger charge is -2.11. The monoisotopic (exact) mass is 398 g/mol. The molecule has 0 aliphatic rings. The second kappa shape index (κ2) is 10.2. The minimum absolute atomic E-state index is 1.19. The zero-order valence-electron chi connectivity index (χ0n) is 17.8. The van der Waals surface area contributed by atoms with E-state index in [0.29, 0.717) is 0 Å². The lowest BCUT2D eigenvalue weighted by molar-refractivity contribution is 1.42. The Morgan fingerprint density at radius 2 is 0.806 bits per heavy atom. The first kappa shape index (κ1) is 20.4. The first-order valence-electron chi connectivity index (χ1n) is 10.6. The molecular weight excluding hydrogens is 372 g/mol. The highest BCUT2D eigenvalue weighted by Crippen LogP contribution is 2.26. The molecule has 0 unspecified atom stereocenters. The third kappa shape index (κ3) is 5.58. The summed E-state index contributed by atoms with van der Waals surface area (Å²) in [5, 5.41) is 0. The Balaban J connectivity index is 1.77. The van der Waals surface area contributed by atoms with E-state index in [4.69, 9.17) is 0 Å². The van der Waals surface area contributed by atoms with Gasteiger partial charge in [-0.25, -0.2) is 0 Å². The van der Waals surface area contributed by atoms with Gasteiger partial charge in [-0.1, -0.05) is 140 Å². The quantitative estimate of drug-likeness (QED) is 0.286. The summed E-state index contributed by atoms with van der Waals surface area (Å²) in [5.74, 6) is 0. The highest BCUT2D eigenvalue weighted by molar-refractivity contribution is 5.86. The van der Waals surface area contributed by atoms with Gasteiger partial charge in [0.15, 0.2) is 0 Å². The van der Waals surface area contributed by atoms with Crippen molar-refractivity contribution in [2.75, 3.05) is 0 Å². The summed E-state index contributed by atoms with van der Waals surface area (Å²) in [6, 6.07) is 35.7. The Morgan fingerprint density at radius 1 is 0.387 bits per heavy atom. The second-order valence-corrected chi connectivity index (χ2v) is 7.53. The summed E-state index contributed by atoms with van der Waals surface area (Å²) < 4.78 is 0. The molecule has 0 radical (unpaired) electrons. The lowest BCUT2D eigenvalue weighted by atomic mass is 9.94. The maximum absolute atomic E-state index is 2.23. The van der Waals surface area contributed by atoms with Crippen molar-refractivity contribution >= 4 is 36.5 Å². The molecule has 4 rings (SSSR count). The first-order chi connectivity index (χ1) is 15.3. The van der Waals surface area contributed by atoms with Crippen molar-refractivity contribution in [1.82, 2.24) is 0 Å². The Labute approximate surface area is 185 Å². The minimum Gasteiger partial charge on any atom is -0.0622 e. The van der Waals surface area contributed by atoms with E-state index in [1.54, 1.807) is 0 Å². The molecule has 0 bridgehead atoms. The fourth-order valence-electron chi connectivity index (χ4n) is 3.55. The molecule has 0 fully saturated rings. The molecule has 0 heterocycles. The van der Waals surface area contributed by atoms with Crippen molar-refractivity contribution in [2.45, 2.75) is 6.92 Å². The van der Waals surface area contributed by atoms with Crippen molar-refractivity contribution in [3.63, 3.8) is 0 Å². The van der Waals surface area contributed by atoms with Gasteiger partial charge in [0.25, 0.3) is 0 Å². The number of hydrogen-bond acceptors (Lipinski definition) is 0. The number of benzene rings is 4. The van der Waals surface area contributed by atoms with E-state index in [0.717, 1.165) is 0 Å². The van der Waals surface area contributed by atoms with Crippen LogP contribution in [0.1, 0.15) is 38.9 Å². The van der Waals surface area contributed by atoms with Crippen molar-refractivity contribution in [2.24, 2.45) is 0 Å². The van der Waals surface area contributed by atoms with Gasteiger partial charge >= 0.3 is 0 Å². The fourth-order valence-corrected chi connectivity index (χ4v) is 3.55. The van der Waals surface area contributed by atoms with E-state index >= 15 is 0 Å². The van der Waals surface area contributed by atoms with Crippen LogP contribution in [0.15, 0.2) is 103 Å². The van der Waals surface area contributed by atoms with E-state index in [9.17, 15) is 0 Å². The van der Waals surface area contributed by atoms with Crippen molar-refractivity contribution in [1.29, 1.82) is 0 Å². The molecule has 0 atom stereocenters. The molecule has 4 aromatic rings. The van der Waals surface area contributed by atoms with Crippen molar-refractivity contribution < 1.29 is 0 Å². The SMILES string of the molecule is Cc1ccc(/C=C/c2ccccc2)c(/C=C/c2ccccc2)c1/C=C/c1ccccc1. The Bertz CT molecular complexity index is 1200. The van der Waals surface area contributed by atoms with E-state index < -0.39 is 0 Å². The van der Waals surface area contributed by atoms with Gasteiger partial charge in [0.2, 0.25) is 0 Å². The van der Waals surface area contributed by atoms with E-state index in [1.807, 2.05) is 18.2 Å². The van der Waals surface area contributed by atoms with Gasteiger partial charge in [-0.15, -0.1) is 0 Å². The molecule has 0 spiro atoms. The molecule has 0 aliphatic heterocycles. The lowest BCUT2D eigenvalue weighted by Crippen LogP contribution is -1.91. The smallest absolute Gasteiger partial charge is 0.0109 e. The fraction of sp³-hybridized carbons (Fsp3) is 0.0323. The zero-order chi connectivity index (χ0) is 21.3. The first-order valence-corrected chi connectivity index (χ1v) is 10.6. The topological polar surface area (TPSA) is 0 Å². The van der Waals surface area contributed by atoms with Crippen LogP contribution in [0, 0.1) is 6.92 Å². The summed E-state index contributed by atoms with van der Waals surface area (Å²) >= 11 is 0. The summed E-state index contributed by atoms with van der Waals surface area (Å²) in [6.07, 6.45) is 13.2. The van der Waals surface area contributed by atoms with Gasteiger partial charge in [0.05, 0.1) is 0 Å². The van der Waals surface area contributed by atoms with Crippen LogP contribution in [0.25, 0.3) is 36.5 Å². The predicted molar refractivity (Wildman–Crippen MR) is 137 cm³/mol. The predicted octanol–water partition coefficient (Wildman–Crippen LogP) is 8.51. The normalized spacial score (nSPS) is 11.6. The van der Waals surface area contributed by atoms with Gasteiger partial charge in [-0.2, -0.15) is 0 Å². The Morgan fingerprint density at radius 3 is 1.29 bits per heavy atom. The van der Waals surface area contributed by atoms with Crippen LogP contribution in [0.5, 0.6) is 0 Å². The van der Waals surface area contributed by atoms with Crippen LogP contribution >= 0.6 is 0 Å². The molecule has 0 aromatic heterocycles. The number of aryl methyl sites for hydroxylation is 1. The molecule has 4 aromatic carbocycles. The molecule has 0 N–H and O–H groups in total. The zero-order valence-corrected chi connectivity index (χ0v) is 17.8. The van der Waals surface area contributed by atoms with Gasteiger partial charge < -0.3 is 0 Å². The van der Waals surface area contributed by atoms with E-state index in [1.165, 1.54) is 38.9 Å². The number of hydrogen-bond donors (Lipinski definition) is 0. The van der Waals surface area contributed by atoms with Gasteiger partial charge in [0, 0.05) is 0 Å². The molecule has 0 saturated heterocycles. The minimum atomic E-state index is 1.19. The van der Waals surface area contributed by atoms with E-state index in [2.05, 4.69) is 128 Å². The molecule has 0 heteroatoms. The summed E-state index contributed by atoms with van der Waals surface area (Å²) in [5.41, 5.74) is 8.52. The molecule has 0 saturated carbocycles. The molecule has 150 valence electrons. The van der Waals surface area contributed by atoms with Gasteiger partial charge in [-0.3, -0.25) is 0 Å². The van der Waals surface area contributed by atoms with Crippen molar-refractivity contribution in [3.05, 3.63) is 142 Å². The Kier molecular flexibility index (Phi) is 6.72. The highest BCUT2D eigenvalue weighted by Gasteiger charge is 2.06. The summed E-state index contributed by atoms with van der Waals surface area (Å²) in [6.45, 7) is 2.18. The van der Waals surface area contributed by atoms with Crippen LogP contribution in [0.3, 0.4) is 0 Å². The van der Waals surface area contributed by atoms with Crippen LogP contribution in [-0.2, 0) is 0 Å². The average molecular weight is 399 g/mol. The molecule has 31 heavy (non-hydrogen) atoms. The summed E-state index contributed by atoms with van der Waals surface area (Å²) in [7, 11) is 0. The molecular formula is C31H26. The third-order valence-corrected chi connectivity index (χ3v) is 5.28. The van der Waals surface area contributed by atoms with Crippen LogP contribution in [-0.4, -0.2) is 0 Å². The van der Waals surface area contributed by atoms with Crippen LogP contribution < -0.4 is 0 Å². The standard InChI is InChI=1S/C31H26/c1-25-17-21-29(22-18-26-11-5-2-6-12-26)31(24-20-28-15-9-4-10-16-28)30(25)23-19-27-13-7-3-8-14-27/h2-24H,1H3/b22-18+,23-19+,24-20+.